The molecule has 2 rings (SSSR count). The van der Waals surface area contributed by atoms with Crippen LogP contribution in [0.3, 0.4) is 0 Å². The van der Waals surface area contributed by atoms with Crippen LogP contribution in [0.25, 0.3) is 6.08 Å². The number of carboxylic acids is 1. The third-order valence-electron chi connectivity index (χ3n) is 2.27. The van der Waals surface area contributed by atoms with Crippen LogP contribution in [0.1, 0.15) is 20.9 Å². The van der Waals surface area contributed by atoms with E-state index in [-0.39, 0.29) is 5.91 Å². The zero-order chi connectivity index (χ0) is 13.7. The molecule has 0 spiro atoms. The molecule has 0 aliphatic rings. The van der Waals surface area contributed by atoms with E-state index in [4.69, 9.17) is 5.11 Å². The molecule has 19 heavy (non-hydrogen) atoms. The molecule has 6 nitrogen and oxygen atoms in total. The van der Waals surface area contributed by atoms with Crippen LogP contribution in [0.15, 0.2) is 30.0 Å². The summed E-state index contributed by atoms with van der Waals surface area (Å²) in [5.41, 5.74) is 1.32. The second kappa shape index (κ2) is 5.96. The standard InChI is InChI=1S/C12H11N3O3S/c16-11(17)2-1-10-3-8(6-19-10)12(18)14-5-9-4-13-7-15-9/h1-4,6-7H,5H2,(H,13,15)(H,14,18)(H,16,17). The summed E-state index contributed by atoms with van der Waals surface area (Å²) in [6.45, 7) is 0.370. The molecule has 0 atom stereocenters. The maximum atomic E-state index is 11.8. The summed E-state index contributed by atoms with van der Waals surface area (Å²) in [7, 11) is 0. The zero-order valence-corrected chi connectivity index (χ0v) is 10.6. The maximum absolute atomic E-state index is 11.8. The maximum Gasteiger partial charge on any atom is 0.328 e. The molecule has 0 radical (unpaired) electrons. The quantitative estimate of drug-likeness (QED) is 0.722. The van der Waals surface area contributed by atoms with Gasteiger partial charge in [-0.1, -0.05) is 0 Å². The minimum Gasteiger partial charge on any atom is -0.478 e. The molecular weight excluding hydrogens is 266 g/mol. The van der Waals surface area contributed by atoms with Crippen LogP contribution in [0.4, 0.5) is 0 Å². The number of aromatic nitrogens is 2. The molecule has 2 aromatic rings. The number of carboxylic acid groups (broad SMARTS) is 1. The number of hydrogen-bond acceptors (Lipinski definition) is 4. The normalized spacial score (nSPS) is 10.7. The molecule has 98 valence electrons. The number of nitrogens with zero attached hydrogens (tertiary/aromatic N) is 1. The lowest BCUT2D eigenvalue weighted by Gasteiger charge is -2.00. The average molecular weight is 277 g/mol. The van der Waals surface area contributed by atoms with E-state index in [1.165, 1.54) is 17.4 Å². The fourth-order valence-electron chi connectivity index (χ4n) is 1.37. The summed E-state index contributed by atoms with van der Waals surface area (Å²) in [6.07, 6.45) is 5.67. The molecule has 2 aromatic heterocycles. The minimum atomic E-state index is -1.02. The third-order valence-corrected chi connectivity index (χ3v) is 3.16. The van der Waals surface area contributed by atoms with Crippen LogP contribution < -0.4 is 5.32 Å². The lowest BCUT2D eigenvalue weighted by molar-refractivity contribution is -0.131. The van der Waals surface area contributed by atoms with E-state index in [0.717, 1.165) is 11.8 Å². The van der Waals surface area contributed by atoms with Crippen LogP contribution in [0, 0.1) is 0 Å². The van der Waals surface area contributed by atoms with Gasteiger partial charge in [0.2, 0.25) is 0 Å². The molecule has 0 saturated heterocycles. The van der Waals surface area contributed by atoms with E-state index in [9.17, 15) is 9.59 Å². The Morgan fingerprint density at radius 1 is 1.53 bits per heavy atom. The molecule has 7 heteroatoms. The van der Waals surface area contributed by atoms with Gasteiger partial charge in [0.25, 0.3) is 5.91 Å². The van der Waals surface area contributed by atoms with E-state index >= 15 is 0 Å². The van der Waals surface area contributed by atoms with Crippen molar-refractivity contribution in [2.45, 2.75) is 6.54 Å². The van der Waals surface area contributed by atoms with Crippen molar-refractivity contribution < 1.29 is 14.7 Å². The van der Waals surface area contributed by atoms with Crippen molar-refractivity contribution in [2.24, 2.45) is 0 Å². The first-order chi connectivity index (χ1) is 9.15. The van der Waals surface area contributed by atoms with E-state index in [0.29, 0.717) is 17.0 Å². The van der Waals surface area contributed by atoms with E-state index in [1.807, 2.05) is 0 Å². The molecule has 0 unspecified atom stereocenters. The molecule has 0 fully saturated rings. The van der Waals surface area contributed by atoms with Crippen LogP contribution in [0.5, 0.6) is 0 Å². The first kappa shape index (κ1) is 13.0. The number of H-pyrrole nitrogens is 1. The summed E-state index contributed by atoms with van der Waals surface area (Å²) in [5, 5.41) is 12.9. The molecule has 2 heterocycles. The Balaban J connectivity index is 1.94. The van der Waals surface area contributed by atoms with Crippen LogP contribution in [-0.4, -0.2) is 27.0 Å². The molecule has 1 amide bonds. The van der Waals surface area contributed by atoms with Gasteiger partial charge in [-0.25, -0.2) is 9.78 Å². The van der Waals surface area contributed by atoms with Crippen molar-refractivity contribution in [1.82, 2.24) is 15.3 Å². The van der Waals surface area contributed by atoms with Gasteiger partial charge in [0.05, 0.1) is 24.1 Å². The number of aliphatic carboxylic acids is 1. The predicted molar refractivity (Wildman–Crippen MR) is 70.7 cm³/mol. The third kappa shape index (κ3) is 3.78. The van der Waals surface area contributed by atoms with E-state index in [2.05, 4.69) is 15.3 Å². The fourth-order valence-corrected chi connectivity index (χ4v) is 2.15. The summed E-state index contributed by atoms with van der Waals surface area (Å²) >= 11 is 1.31. The Hall–Kier alpha value is -2.41. The number of aromatic amines is 1. The fraction of sp³-hybridized carbons (Fsp3) is 0.0833. The number of carbonyl (C=O) groups excluding carboxylic acids is 1. The SMILES string of the molecule is O=C(O)C=Cc1cc(C(=O)NCc2cnc[nH]2)cs1. The Morgan fingerprint density at radius 3 is 3.05 bits per heavy atom. The Labute approximate surface area is 112 Å². The van der Waals surface area contributed by atoms with Crippen molar-refractivity contribution in [3.05, 3.63) is 46.2 Å². The van der Waals surface area contributed by atoms with Crippen LogP contribution in [-0.2, 0) is 11.3 Å². The average Bonchev–Trinajstić information content (AvgIpc) is 3.04. The van der Waals surface area contributed by atoms with E-state index in [1.54, 1.807) is 24.0 Å². The Kier molecular flexibility index (Phi) is 4.09. The summed E-state index contributed by atoms with van der Waals surface area (Å²) in [4.78, 5) is 29.6. The molecule has 0 aliphatic heterocycles. The van der Waals surface area contributed by atoms with Crippen molar-refractivity contribution in [3.8, 4) is 0 Å². The lowest BCUT2D eigenvalue weighted by atomic mass is 10.3. The van der Waals surface area contributed by atoms with Crippen molar-refractivity contribution in [2.75, 3.05) is 0 Å². The highest BCUT2D eigenvalue weighted by atomic mass is 32.1. The van der Waals surface area contributed by atoms with Crippen molar-refractivity contribution in [3.63, 3.8) is 0 Å². The van der Waals surface area contributed by atoms with Gasteiger partial charge in [-0.2, -0.15) is 0 Å². The number of imidazole rings is 1. The molecule has 3 N–H and O–H groups in total. The van der Waals surface area contributed by atoms with Gasteiger partial charge < -0.3 is 15.4 Å². The molecule has 0 aliphatic carbocycles. The number of thiophene rings is 1. The Bertz CT molecular complexity index is 602. The highest BCUT2D eigenvalue weighted by Crippen LogP contribution is 2.16. The first-order valence-corrected chi connectivity index (χ1v) is 6.28. The first-order valence-electron chi connectivity index (χ1n) is 5.40. The summed E-state index contributed by atoms with van der Waals surface area (Å²) < 4.78 is 0. The van der Waals surface area contributed by atoms with E-state index < -0.39 is 5.97 Å². The Morgan fingerprint density at radius 2 is 2.37 bits per heavy atom. The molecule has 0 aromatic carbocycles. The number of carbonyl (C=O) groups is 2. The second-order valence-electron chi connectivity index (χ2n) is 3.67. The van der Waals surface area contributed by atoms with Gasteiger partial charge in [-0.15, -0.1) is 11.3 Å². The lowest BCUT2D eigenvalue weighted by Crippen LogP contribution is -2.22. The van der Waals surface area contributed by atoms with Crippen LogP contribution in [0.2, 0.25) is 0 Å². The molecule has 0 saturated carbocycles. The summed E-state index contributed by atoms with van der Waals surface area (Å²) in [6, 6.07) is 1.65. The van der Waals surface area contributed by atoms with Crippen LogP contribution >= 0.6 is 11.3 Å². The van der Waals surface area contributed by atoms with Crippen molar-refractivity contribution in [1.29, 1.82) is 0 Å². The smallest absolute Gasteiger partial charge is 0.328 e. The summed E-state index contributed by atoms with van der Waals surface area (Å²) in [5.74, 6) is -1.22. The molecule has 0 bridgehead atoms. The number of hydrogen-bond donors (Lipinski definition) is 3. The van der Waals surface area contributed by atoms with Gasteiger partial charge >= 0.3 is 5.97 Å². The monoisotopic (exact) mass is 277 g/mol. The predicted octanol–water partition coefficient (Wildman–Crippen LogP) is 1.50. The number of rotatable bonds is 5. The van der Waals surface area contributed by atoms with Crippen molar-refractivity contribution >= 4 is 29.3 Å². The van der Waals surface area contributed by atoms with Gasteiger partial charge in [0.1, 0.15) is 0 Å². The number of nitrogens with one attached hydrogen (secondary N) is 2. The van der Waals surface area contributed by atoms with Gasteiger partial charge in [-0.3, -0.25) is 4.79 Å². The van der Waals surface area contributed by atoms with Gasteiger partial charge in [0, 0.05) is 22.5 Å². The topological polar surface area (TPSA) is 95.1 Å². The van der Waals surface area contributed by atoms with Gasteiger partial charge in [0.15, 0.2) is 0 Å². The largest absolute Gasteiger partial charge is 0.478 e. The minimum absolute atomic E-state index is 0.208. The number of amides is 1. The highest BCUT2D eigenvalue weighted by Gasteiger charge is 2.07. The zero-order valence-electron chi connectivity index (χ0n) is 9.79. The second-order valence-corrected chi connectivity index (χ2v) is 4.61. The molecular formula is C12H11N3O3S. The van der Waals surface area contributed by atoms with Gasteiger partial charge in [-0.05, 0) is 12.1 Å². The highest BCUT2D eigenvalue weighted by molar-refractivity contribution is 7.11.